The summed E-state index contributed by atoms with van der Waals surface area (Å²) in [5, 5.41) is 22.3. The number of amides is 1. The summed E-state index contributed by atoms with van der Waals surface area (Å²) in [5.41, 5.74) is 1.61. The third-order valence-electron chi connectivity index (χ3n) is 3.80. The molecule has 0 bridgehead atoms. The zero-order chi connectivity index (χ0) is 18.7. The molecule has 0 aliphatic carbocycles. The van der Waals surface area contributed by atoms with Crippen molar-refractivity contribution in [3.8, 4) is 16.9 Å². The number of carbonyl (C=O) groups excluding carboxylic acids is 1. The number of benzene rings is 3. The number of aromatic hydroxyl groups is 1. The summed E-state index contributed by atoms with van der Waals surface area (Å²) in [5.74, 6) is -1.96. The van der Waals surface area contributed by atoms with Gasteiger partial charge in [-0.25, -0.2) is 4.79 Å². The van der Waals surface area contributed by atoms with Crippen LogP contribution in [0.15, 0.2) is 66.7 Å². The van der Waals surface area contributed by atoms with Gasteiger partial charge in [-0.3, -0.25) is 4.79 Å². The zero-order valence-electron chi connectivity index (χ0n) is 13.4. The van der Waals surface area contributed by atoms with Crippen molar-refractivity contribution >= 4 is 29.2 Å². The van der Waals surface area contributed by atoms with Gasteiger partial charge in [-0.1, -0.05) is 41.9 Å². The molecule has 0 heterocycles. The molecule has 6 heteroatoms. The number of phenolic OH excluding ortho intramolecular Hbond substituents is 1. The second-order valence-corrected chi connectivity index (χ2v) is 5.98. The number of phenols is 1. The van der Waals surface area contributed by atoms with Crippen LogP contribution in [0.4, 0.5) is 5.69 Å². The molecular weight excluding hydrogens is 354 g/mol. The topological polar surface area (TPSA) is 86.6 Å². The zero-order valence-corrected chi connectivity index (χ0v) is 14.2. The molecule has 5 nitrogen and oxygen atoms in total. The minimum absolute atomic E-state index is 0.0528. The van der Waals surface area contributed by atoms with Crippen LogP contribution in [0.2, 0.25) is 5.02 Å². The van der Waals surface area contributed by atoms with Crippen molar-refractivity contribution in [2.24, 2.45) is 0 Å². The van der Waals surface area contributed by atoms with Crippen molar-refractivity contribution in [3.63, 3.8) is 0 Å². The average Bonchev–Trinajstić information content (AvgIpc) is 2.61. The van der Waals surface area contributed by atoms with Gasteiger partial charge in [-0.15, -0.1) is 0 Å². The second kappa shape index (κ2) is 7.29. The Morgan fingerprint density at radius 1 is 0.846 bits per heavy atom. The van der Waals surface area contributed by atoms with E-state index in [2.05, 4.69) is 5.32 Å². The fourth-order valence-corrected chi connectivity index (χ4v) is 2.73. The van der Waals surface area contributed by atoms with E-state index in [1.165, 1.54) is 18.2 Å². The van der Waals surface area contributed by atoms with Crippen molar-refractivity contribution in [1.29, 1.82) is 0 Å². The molecule has 0 fully saturated rings. The van der Waals surface area contributed by atoms with Crippen LogP contribution in [-0.4, -0.2) is 22.1 Å². The minimum Gasteiger partial charge on any atom is -0.507 e. The molecule has 3 rings (SSSR count). The first-order valence-electron chi connectivity index (χ1n) is 7.68. The number of carboxylic acid groups (broad SMARTS) is 1. The van der Waals surface area contributed by atoms with E-state index in [4.69, 9.17) is 11.6 Å². The number of hydrogen-bond acceptors (Lipinski definition) is 3. The molecule has 1 amide bonds. The number of hydrogen-bond donors (Lipinski definition) is 3. The van der Waals surface area contributed by atoms with Crippen molar-refractivity contribution < 1.29 is 19.8 Å². The summed E-state index contributed by atoms with van der Waals surface area (Å²) >= 11 is 6.01. The number of aromatic carboxylic acids is 1. The van der Waals surface area contributed by atoms with Crippen LogP contribution >= 0.6 is 11.6 Å². The monoisotopic (exact) mass is 367 g/mol. The maximum absolute atomic E-state index is 12.4. The van der Waals surface area contributed by atoms with Gasteiger partial charge in [0.25, 0.3) is 5.91 Å². The number of nitrogens with one attached hydrogen (secondary N) is 1. The summed E-state index contributed by atoms with van der Waals surface area (Å²) < 4.78 is 0. The third kappa shape index (κ3) is 3.68. The van der Waals surface area contributed by atoms with E-state index in [1.54, 1.807) is 42.5 Å². The van der Waals surface area contributed by atoms with Crippen molar-refractivity contribution in [2.75, 3.05) is 5.32 Å². The highest BCUT2D eigenvalue weighted by Crippen LogP contribution is 2.28. The fraction of sp³-hybridized carbons (Fsp3) is 0. The number of carboxylic acids is 1. The molecule has 0 aliphatic rings. The number of halogens is 1. The van der Waals surface area contributed by atoms with Gasteiger partial charge < -0.3 is 15.5 Å². The van der Waals surface area contributed by atoms with E-state index < -0.39 is 11.9 Å². The minimum atomic E-state index is -1.17. The van der Waals surface area contributed by atoms with E-state index in [0.29, 0.717) is 10.6 Å². The third-order valence-corrected chi connectivity index (χ3v) is 4.04. The fourth-order valence-electron chi connectivity index (χ4n) is 2.54. The molecular formula is C20H14ClNO4. The second-order valence-electron chi connectivity index (χ2n) is 5.55. The lowest BCUT2D eigenvalue weighted by atomic mass is 10.0. The van der Waals surface area contributed by atoms with Crippen molar-refractivity contribution in [3.05, 3.63) is 82.9 Å². The Morgan fingerprint density at radius 2 is 1.58 bits per heavy atom. The predicted octanol–water partition coefficient (Wildman–Crippen LogP) is 4.66. The Kier molecular flexibility index (Phi) is 4.91. The molecule has 130 valence electrons. The van der Waals surface area contributed by atoms with Crippen LogP contribution in [0.25, 0.3) is 11.1 Å². The van der Waals surface area contributed by atoms with Gasteiger partial charge in [0.1, 0.15) is 5.75 Å². The van der Waals surface area contributed by atoms with Gasteiger partial charge in [0.15, 0.2) is 0 Å². The van der Waals surface area contributed by atoms with Gasteiger partial charge in [0.2, 0.25) is 0 Å². The van der Waals surface area contributed by atoms with Crippen LogP contribution in [0.5, 0.6) is 5.75 Å². The normalized spacial score (nSPS) is 10.3. The first kappa shape index (κ1) is 17.5. The standard InChI is InChI=1S/C20H14ClNO4/c21-14-5-3-4-12(10-14)13-8-9-15(20(25)26)17(11-13)22-19(24)16-6-1-2-7-18(16)23/h1-11,23H,(H,22,24)(H,25,26). The number of anilines is 1. The maximum Gasteiger partial charge on any atom is 0.337 e. The summed E-state index contributed by atoms with van der Waals surface area (Å²) in [6.45, 7) is 0. The Bertz CT molecular complexity index is 1000. The molecule has 0 aliphatic heterocycles. The Hall–Kier alpha value is -3.31. The quantitative estimate of drug-likeness (QED) is 0.625. The summed E-state index contributed by atoms with van der Waals surface area (Å²) in [4.78, 5) is 23.9. The van der Waals surface area contributed by atoms with E-state index in [1.807, 2.05) is 6.07 Å². The van der Waals surface area contributed by atoms with Gasteiger partial charge in [-0.2, -0.15) is 0 Å². The largest absolute Gasteiger partial charge is 0.507 e. The molecule has 3 N–H and O–H groups in total. The molecule has 0 unspecified atom stereocenters. The van der Waals surface area contributed by atoms with E-state index in [0.717, 1.165) is 5.56 Å². The van der Waals surface area contributed by atoms with Crippen LogP contribution in [-0.2, 0) is 0 Å². The molecule has 3 aromatic carbocycles. The summed E-state index contributed by atoms with van der Waals surface area (Å²) in [6.07, 6.45) is 0. The number of carbonyl (C=O) groups is 2. The maximum atomic E-state index is 12.4. The van der Waals surface area contributed by atoms with E-state index >= 15 is 0 Å². The Morgan fingerprint density at radius 3 is 2.27 bits per heavy atom. The first-order valence-corrected chi connectivity index (χ1v) is 8.06. The van der Waals surface area contributed by atoms with Crippen LogP contribution < -0.4 is 5.32 Å². The molecule has 26 heavy (non-hydrogen) atoms. The van der Waals surface area contributed by atoms with E-state index in [-0.39, 0.29) is 22.6 Å². The van der Waals surface area contributed by atoms with Crippen LogP contribution in [0, 0.1) is 0 Å². The highest BCUT2D eigenvalue weighted by molar-refractivity contribution is 6.30. The van der Waals surface area contributed by atoms with Crippen molar-refractivity contribution in [2.45, 2.75) is 0 Å². The predicted molar refractivity (Wildman–Crippen MR) is 99.9 cm³/mol. The first-order chi connectivity index (χ1) is 12.5. The molecule has 0 saturated heterocycles. The van der Waals surface area contributed by atoms with Crippen molar-refractivity contribution in [1.82, 2.24) is 0 Å². The van der Waals surface area contributed by atoms with Gasteiger partial charge in [-0.05, 0) is 47.5 Å². The van der Waals surface area contributed by atoms with Gasteiger partial charge in [0.05, 0.1) is 16.8 Å². The Balaban J connectivity index is 2.01. The lowest BCUT2D eigenvalue weighted by molar-refractivity contribution is 0.0698. The summed E-state index contributed by atoms with van der Waals surface area (Å²) in [6, 6.07) is 17.7. The van der Waals surface area contributed by atoms with E-state index in [9.17, 15) is 19.8 Å². The molecule has 3 aromatic rings. The number of rotatable bonds is 4. The van der Waals surface area contributed by atoms with Gasteiger partial charge >= 0.3 is 5.97 Å². The lowest BCUT2D eigenvalue weighted by Gasteiger charge is -2.12. The molecule has 0 aromatic heterocycles. The van der Waals surface area contributed by atoms with Crippen LogP contribution in [0.1, 0.15) is 20.7 Å². The molecule has 0 radical (unpaired) electrons. The molecule has 0 atom stereocenters. The smallest absolute Gasteiger partial charge is 0.337 e. The highest BCUT2D eigenvalue weighted by Gasteiger charge is 2.16. The van der Waals surface area contributed by atoms with Crippen LogP contribution in [0.3, 0.4) is 0 Å². The van der Waals surface area contributed by atoms with Gasteiger partial charge in [0, 0.05) is 5.02 Å². The lowest BCUT2D eigenvalue weighted by Crippen LogP contribution is -2.15. The average molecular weight is 368 g/mol. The molecule has 0 spiro atoms. The highest BCUT2D eigenvalue weighted by atomic mass is 35.5. The molecule has 0 saturated carbocycles. The Labute approximate surface area is 154 Å². The summed E-state index contributed by atoms with van der Waals surface area (Å²) in [7, 11) is 0. The number of para-hydroxylation sites is 1. The SMILES string of the molecule is O=C(Nc1cc(-c2cccc(Cl)c2)ccc1C(=O)O)c1ccccc1O.